The van der Waals surface area contributed by atoms with Crippen LogP contribution in [-0.2, 0) is 4.79 Å². The minimum Gasteiger partial charge on any atom is -0.367 e. The molecule has 1 aliphatic carbocycles. The molecule has 0 radical (unpaired) electrons. The highest BCUT2D eigenvalue weighted by Gasteiger charge is 2.30. The van der Waals surface area contributed by atoms with Crippen LogP contribution in [0.15, 0.2) is 41.6 Å². The van der Waals surface area contributed by atoms with Crippen LogP contribution in [0, 0.1) is 0 Å². The van der Waals surface area contributed by atoms with Gasteiger partial charge >= 0.3 is 0 Å². The van der Waals surface area contributed by atoms with E-state index in [4.69, 9.17) is 0 Å². The van der Waals surface area contributed by atoms with Crippen molar-refractivity contribution in [1.82, 2.24) is 4.90 Å². The molecular formula is C17H21NO. The van der Waals surface area contributed by atoms with E-state index in [-0.39, 0.29) is 0 Å². The largest absolute Gasteiger partial charge is 0.367 e. The average molecular weight is 255 g/mol. The number of ketones is 1. The van der Waals surface area contributed by atoms with Crippen molar-refractivity contribution in [2.45, 2.75) is 45.1 Å². The van der Waals surface area contributed by atoms with Crippen molar-refractivity contribution < 1.29 is 4.79 Å². The minimum atomic E-state index is 0.373. The van der Waals surface area contributed by atoms with E-state index in [1.807, 2.05) is 0 Å². The third-order valence-corrected chi connectivity index (χ3v) is 4.45. The Bertz CT molecular complexity index is 503. The fourth-order valence-electron chi connectivity index (χ4n) is 3.35. The van der Waals surface area contributed by atoms with E-state index in [0.717, 1.165) is 25.0 Å². The van der Waals surface area contributed by atoms with Crippen LogP contribution in [-0.4, -0.2) is 17.2 Å². The predicted octanol–water partition coefficient (Wildman–Crippen LogP) is 3.85. The summed E-state index contributed by atoms with van der Waals surface area (Å²) in [5.41, 5.74) is 3.80. The summed E-state index contributed by atoms with van der Waals surface area (Å²) in [6.07, 6.45) is 5.17. The zero-order valence-electron chi connectivity index (χ0n) is 11.6. The zero-order valence-corrected chi connectivity index (χ0v) is 11.6. The molecule has 0 spiro atoms. The van der Waals surface area contributed by atoms with Gasteiger partial charge in [-0.1, -0.05) is 30.3 Å². The number of benzene rings is 1. The van der Waals surface area contributed by atoms with E-state index < -0.39 is 0 Å². The van der Waals surface area contributed by atoms with Crippen LogP contribution in [0.2, 0.25) is 0 Å². The molecule has 1 atom stereocenters. The van der Waals surface area contributed by atoms with Crippen LogP contribution < -0.4 is 0 Å². The Morgan fingerprint density at radius 1 is 1.05 bits per heavy atom. The number of hydrogen-bond donors (Lipinski definition) is 0. The summed E-state index contributed by atoms with van der Waals surface area (Å²) in [6, 6.07) is 11.0. The number of nitrogens with zero attached hydrogens (tertiary/aromatic N) is 1. The lowest BCUT2D eigenvalue weighted by Gasteiger charge is -2.40. The van der Waals surface area contributed by atoms with Gasteiger partial charge in [-0.05, 0) is 38.2 Å². The molecule has 3 rings (SSSR count). The van der Waals surface area contributed by atoms with E-state index >= 15 is 0 Å². The van der Waals surface area contributed by atoms with Gasteiger partial charge in [0.15, 0.2) is 5.78 Å². The van der Waals surface area contributed by atoms with Crippen molar-refractivity contribution in [2.75, 3.05) is 6.54 Å². The molecule has 0 unspecified atom stereocenters. The molecule has 19 heavy (non-hydrogen) atoms. The number of rotatable bonds is 2. The molecular weight excluding hydrogens is 234 g/mol. The van der Waals surface area contributed by atoms with E-state index in [1.165, 1.54) is 24.1 Å². The van der Waals surface area contributed by atoms with Crippen molar-refractivity contribution in [1.29, 1.82) is 0 Å². The molecule has 0 amide bonds. The Morgan fingerprint density at radius 3 is 2.58 bits per heavy atom. The lowest BCUT2D eigenvalue weighted by Crippen LogP contribution is -2.36. The monoisotopic (exact) mass is 255 g/mol. The summed E-state index contributed by atoms with van der Waals surface area (Å²) in [5.74, 6) is 0.395. The van der Waals surface area contributed by atoms with Gasteiger partial charge in [-0.2, -0.15) is 0 Å². The second-order valence-corrected chi connectivity index (χ2v) is 5.59. The normalized spacial score (nSPS) is 21.3. The summed E-state index contributed by atoms with van der Waals surface area (Å²) < 4.78 is 0. The second kappa shape index (κ2) is 5.20. The minimum absolute atomic E-state index is 0.373. The SMILES string of the molecule is C[C@H](c1ccccc1)N1CCC(=O)C2=C1CCCC2. The summed E-state index contributed by atoms with van der Waals surface area (Å²) in [7, 11) is 0. The predicted molar refractivity (Wildman–Crippen MR) is 76.7 cm³/mol. The van der Waals surface area contributed by atoms with E-state index in [2.05, 4.69) is 42.2 Å². The molecule has 0 aromatic heterocycles. The average Bonchev–Trinajstić information content (AvgIpc) is 2.48. The Labute approximate surface area is 115 Å². The molecule has 1 heterocycles. The Kier molecular flexibility index (Phi) is 3.41. The van der Waals surface area contributed by atoms with Crippen molar-refractivity contribution in [3.8, 4) is 0 Å². The maximum atomic E-state index is 12.0. The van der Waals surface area contributed by atoms with E-state index in [0.29, 0.717) is 18.2 Å². The van der Waals surface area contributed by atoms with Crippen LogP contribution in [0.25, 0.3) is 0 Å². The van der Waals surface area contributed by atoms with Crippen LogP contribution >= 0.6 is 0 Å². The first-order valence-electron chi connectivity index (χ1n) is 7.34. The third-order valence-electron chi connectivity index (χ3n) is 4.45. The molecule has 2 heteroatoms. The summed E-state index contributed by atoms with van der Waals surface area (Å²) in [4.78, 5) is 14.5. The van der Waals surface area contributed by atoms with Crippen molar-refractivity contribution in [2.24, 2.45) is 0 Å². The highest BCUT2D eigenvalue weighted by molar-refractivity contribution is 5.97. The van der Waals surface area contributed by atoms with Crippen molar-refractivity contribution in [3.05, 3.63) is 47.2 Å². The lowest BCUT2D eigenvalue weighted by molar-refractivity contribution is -0.117. The number of allylic oxidation sites excluding steroid dienone is 2. The van der Waals surface area contributed by atoms with Gasteiger partial charge in [0.2, 0.25) is 0 Å². The smallest absolute Gasteiger partial charge is 0.162 e. The lowest BCUT2D eigenvalue weighted by atomic mass is 9.87. The number of hydrogen-bond acceptors (Lipinski definition) is 2. The molecule has 0 fully saturated rings. The van der Waals surface area contributed by atoms with Crippen molar-refractivity contribution in [3.63, 3.8) is 0 Å². The fourth-order valence-corrected chi connectivity index (χ4v) is 3.35. The van der Waals surface area contributed by atoms with Gasteiger partial charge in [-0.3, -0.25) is 4.79 Å². The quantitative estimate of drug-likeness (QED) is 0.800. The molecule has 2 nitrogen and oxygen atoms in total. The molecule has 100 valence electrons. The molecule has 2 aliphatic rings. The zero-order chi connectivity index (χ0) is 13.2. The van der Waals surface area contributed by atoms with Gasteiger partial charge in [-0.15, -0.1) is 0 Å². The first-order chi connectivity index (χ1) is 9.27. The molecule has 0 saturated carbocycles. The van der Waals surface area contributed by atoms with Gasteiger partial charge in [0, 0.05) is 24.2 Å². The van der Waals surface area contributed by atoms with Crippen molar-refractivity contribution >= 4 is 5.78 Å². The van der Waals surface area contributed by atoms with Gasteiger partial charge in [-0.25, -0.2) is 0 Å². The van der Waals surface area contributed by atoms with Gasteiger partial charge < -0.3 is 4.90 Å². The second-order valence-electron chi connectivity index (χ2n) is 5.59. The maximum Gasteiger partial charge on any atom is 0.162 e. The fraction of sp³-hybridized carbons (Fsp3) is 0.471. The number of carbonyl (C=O) groups is 1. The van der Waals surface area contributed by atoms with Crippen LogP contribution in [0.3, 0.4) is 0 Å². The topological polar surface area (TPSA) is 20.3 Å². The van der Waals surface area contributed by atoms with Gasteiger partial charge in [0.1, 0.15) is 0 Å². The van der Waals surface area contributed by atoms with E-state index in [1.54, 1.807) is 0 Å². The van der Waals surface area contributed by atoms with Crippen LogP contribution in [0.4, 0.5) is 0 Å². The summed E-state index contributed by atoms with van der Waals surface area (Å²) >= 11 is 0. The highest BCUT2D eigenvalue weighted by Crippen LogP contribution is 2.36. The number of carbonyl (C=O) groups excluding carboxylic acids is 1. The maximum absolute atomic E-state index is 12.0. The Balaban J connectivity index is 1.92. The molecule has 1 aromatic carbocycles. The van der Waals surface area contributed by atoms with Gasteiger partial charge in [0.05, 0.1) is 6.04 Å². The standard InChI is InChI=1S/C17H21NO/c1-13(14-7-3-2-4-8-14)18-12-11-17(19)15-9-5-6-10-16(15)18/h2-4,7-8,13H,5-6,9-12H2,1H3/t13-/m1/s1. The molecule has 0 N–H and O–H groups in total. The molecule has 0 bridgehead atoms. The van der Waals surface area contributed by atoms with Gasteiger partial charge in [0.25, 0.3) is 0 Å². The first-order valence-corrected chi connectivity index (χ1v) is 7.34. The highest BCUT2D eigenvalue weighted by atomic mass is 16.1. The summed E-state index contributed by atoms with van der Waals surface area (Å²) in [6.45, 7) is 3.14. The van der Waals surface area contributed by atoms with Crippen LogP contribution in [0.5, 0.6) is 0 Å². The van der Waals surface area contributed by atoms with E-state index in [9.17, 15) is 4.79 Å². The Hall–Kier alpha value is -1.57. The summed E-state index contributed by atoms with van der Waals surface area (Å²) in [5, 5.41) is 0. The first kappa shape index (κ1) is 12.5. The number of Topliss-reactive ketones (excluding diaryl/α,β-unsaturated/α-hetero) is 1. The molecule has 1 aromatic rings. The third kappa shape index (κ3) is 2.32. The molecule has 1 aliphatic heterocycles. The molecule has 0 saturated heterocycles. The Morgan fingerprint density at radius 2 is 1.79 bits per heavy atom. The van der Waals surface area contributed by atoms with Crippen LogP contribution in [0.1, 0.15) is 50.6 Å².